The van der Waals surface area contributed by atoms with Crippen LogP contribution in [0.25, 0.3) is 5.65 Å². The monoisotopic (exact) mass is 464 g/mol. The average Bonchev–Trinajstić information content (AvgIpc) is 3.24. The lowest BCUT2D eigenvalue weighted by Gasteiger charge is -2.56. The minimum atomic E-state index is -0.0454. The predicted molar refractivity (Wildman–Crippen MR) is 128 cm³/mol. The molecule has 34 heavy (non-hydrogen) atoms. The van der Waals surface area contributed by atoms with E-state index in [1.54, 1.807) is 0 Å². The molecule has 1 aliphatic heterocycles. The Kier molecular flexibility index (Phi) is 5.63. The number of nitrogens with one attached hydrogen (secondary N) is 1. The molecule has 2 amide bonds. The van der Waals surface area contributed by atoms with Crippen LogP contribution in [0.4, 0.5) is 0 Å². The van der Waals surface area contributed by atoms with Crippen LogP contribution in [0, 0.1) is 23.2 Å². The van der Waals surface area contributed by atoms with Crippen molar-refractivity contribution in [1.29, 1.82) is 0 Å². The number of ether oxygens (including phenoxy) is 1. The lowest BCUT2D eigenvalue weighted by atomic mass is 9.49. The highest BCUT2D eigenvalue weighted by Gasteiger charge is 2.50. The van der Waals surface area contributed by atoms with Gasteiger partial charge in [0.15, 0.2) is 0 Å². The molecular formula is C27H36N4O3. The third-order valence-corrected chi connectivity index (χ3v) is 9.03. The Hall–Kier alpha value is -2.41. The molecule has 4 aliphatic carbocycles. The molecule has 0 spiro atoms. The lowest BCUT2D eigenvalue weighted by molar-refractivity contribution is -0.132. The number of nitrogens with zero attached hydrogens (tertiary/aromatic N) is 3. The molecule has 2 aromatic rings. The standard InChI is InChI=1S/C27H36N4O3/c1-30(22-5-7-34-8-6-22)25(32)12-21-16-31-23(3-2-4-24(31)29-21)26(33)28-17-27-13-18-9-19(14-27)11-20(10-18)15-27/h2-4,16,18-20,22H,5-15,17H2,1H3,(H,28,33). The number of pyridine rings is 1. The molecule has 7 nitrogen and oxygen atoms in total. The Morgan fingerprint density at radius 1 is 1.12 bits per heavy atom. The van der Waals surface area contributed by atoms with E-state index in [0.29, 0.717) is 35.7 Å². The normalized spacial score (nSPS) is 30.6. The first-order valence-corrected chi connectivity index (χ1v) is 13.1. The minimum absolute atomic E-state index is 0.0454. The van der Waals surface area contributed by atoms with Crippen molar-refractivity contribution in [1.82, 2.24) is 19.6 Å². The molecule has 0 radical (unpaired) electrons. The molecule has 2 aromatic heterocycles. The molecule has 0 aromatic carbocycles. The molecule has 1 saturated heterocycles. The molecular weight excluding hydrogens is 428 g/mol. The zero-order valence-electron chi connectivity index (χ0n) is 20.2. The van der Waals surface area contributed by atoms with Crippen molar-refractivity contribution in [2.75, 3.05) is 26.8 Å². The Morgan fingerprint density at radius 2 is 1.79 bits per heavy atom. The van der Waals surface area contributed by atoms with Crippen molar-refractivity contribution >= 4 is 17.5 Å². The van der Waals surface area contributed by atoms with Gasteiger partial charge in [0, 0.05) is 39.0 Å². The summed E-state index contributed by atoms with van der Waals surface area (Å²) in [6.45, 7) is 2.19. The van der Waals surface area contributed by atoms with Crippen LogP contribution in [0.2, 0.25) is 0 Å². The molecule has 5 fully saturated rings. The molecule has 0 unspecified atom stereocenters. The summed E-state index contributed by atoms with van der Waals surface area (Å²) in [6.07, 6.45) is 11.9. The van der Waals surface area contributed by atoms with Gasteiger partial charge in [-0.25, -0.2) is 4.98 Å². The second-order valence-corrected chi connectivity index (χ2v) is 11.5. The number of fused-ring (bicyclic) bond motifs is 1. The summed E-state index contributed by atoms with van der Waals surface area (Å²) in [4.78, 5) is 32.6. The number of aromatic nitrogens is 2. The SMILES string of the molecule is CN(C(=O)Cc1cn2c(C(=O)NCC34CC5CC(CC(C5)C3)C4)cccc2n1)C1CCOCC1. The molecule has 3 heterocycles. The number of amides is 2. The molecule has 1 N–H and O–H groups in total. The zero-order chi connectivity index (χ0) is 23.3. The highest BCUT2D eigenvalue weighted by atomic mass is 16.5. The second kappa shape index (κ2) is 8.67. The second-order valence-electron chi connectivity index (χ2n) is 11.5. The summed E-state index contributed by atoms with van der Waals surface area (Å²) in [7, 11) is 1.87. The Balaban J connectivity index is 1.14. The van der Waals surface area contributed by atoms with Gasteiger partial charge in [-0.2, -0.15) is 0 Å². The topological polar surface area (TPSA) is 75.9 Å². The smallest absolute Gasteiger partial charge is 0.268 e. The van der Waals surface area contributed by atoms with Gasteiger partial charge in [-0.1, -0.05) is 6.07 Å². The van der Waals surface area contributed by atoms with Gasteiger partial charge in [-0.15, -0.1) is 0 Å². The van der Waals surface area contributed by atoms with Crippen molar-refractivity contribution in [3.05, 3.63) is 35.8 Å². The van der Waals surface area contributed by atoms with E-state index in [4.69, 9.17) is 4.74 Å². The van der Waals surface area contributed by atoms with E-state index in [0.717, 1.165) is 37.1 Å². The summed E-state index contributed by atoms with van der Waals surface area (Å²) in [5.74, 6) is 2.64. The Morgan fingerprint density at radius 3 is 2.47 bits per heavy atom. The van der Waals surface area contributed by atoms with Crippen molar-refractivity contribution in [2.45, 2.75) is 63.8 Å². The number of rotatable bonds is 6. The van der Waals surface area contributed by atoms with Gasteiger partial charge in [0.1, 0.15) is 11.3 Å². The number of hydrogen-bond acceptors (Lipinski definition) is 4. The first-order chi connectivity index (χ1) is 16.5. The van der Waals surface area contributed by atoms with Gasteiger partial charge in [-0.05, 0) is 86.7 Å². The van der Waals surface area contributed by atoms with Crippen LogP contribution < -0.4 is 5.32 Å². The maximum atomic E-state index is 13.3. The summed E-state index contributed by atoms with van der Waals surface area (Å²) in [6, 6.07) is 5.85. The first-order valence-electron chi connectivity index (χ1n) is 13.1. The van der Waals surface area contributed by atoms with Crippen molar-refractivity contribution in [3.63, 3.8) is 0 Å². The fraction of sp³-hybridized carbons (Fsp3) is 0.667. The van der Waals surface area contributed by atoms with E-state index in [-0.39, 0.29) is 24.3 Å². The molecule has 5 aliphatic rings. The van der Waals surface area contributed by atoms with Gasteiger partial charge in [0.2, 0.25) is 5.91 Å². The average molecular weight is 465 g/mol. The number of carbonyl (C=O) groups excluding carboxylic acids is 2. The minimum Gasteiger partial charge on any atom is -0.381 e. The Bertz CT molecular complexity index is 1050. The molecule has 7 rings (SSSR count). The summed E-state index contributed by atoms with van der Waals surface area (Å²) in [5, 5.41) is 3.28. The first kappa shape index (κ1) is 22.1. The van der Waals surface area contributed by atoms with E-state index in [2.05, 4.69) is 10.3 Å². The number of hydrogen-bond donors (Lipinski definition) is 1. The quantitative estimate of drug-likeness (QED) is 0.710. The van der Waals surface area contributed by atoms with Gasteiger partial charge in [-0.3, -0.25) is 14.0 Å². The van der Waals surface area contributed by atoms with E-state index in [1.807, 2.05) is 40.7 Å². The fourth-order valence-electron chi connectivity index (χ4n) is 7.75. The predicted octanol–water partition coefficient (Wildman–Crippen LogP) is 3.46. The summed E-state index contributed by atoms with van der Waals surface area (Å²) >= 11 is 0. The maximum Gasteiger partial charge on any atom is 0.268 e. The van der Waals surface area contributed by atoms with E-state index < -0.39 is 0 Å². The van der Waals surface area contributed by atoms with Crippen LogP contribution in [-0.4, -0.2) is 58.9 Å². The van der Waals surface area contributed by atoms with Gasteiger partial charge in [0.25, 0.3) is 5.91 Å². The van der Waals surface area contributed by atoms with Crippen LogP contribution in [0.5, 0.6) is 0 Å². The maximum absolute atomic E-state index is 13.3. The van der Waals surface area contributed by atoms with Crippen LogP contribution in [0.1, 0.15) is 67.5 Å². The lowest BCUT2D eigenvalue weighted by Crippen LogP contribution is -2.51. The van der Waals surface area contributed by atoms with Crippen LogP contribution in [0.15, 0.2) is 24.4 Å². The van der Waals surface area contributed by atoms with Crippen LogP contribution in [0.3, 0.4) is 0 Å². The highest BCUT2D eigenvalue weighted by molar-refractivity contribution is 5.93. The number of carbonyl (C=O) groups is 2. The van der Waals surface area contributed by atoms with E-state index in [9.17, 15) is 9.59 Å². The van der Waals surface area contributed by atoms with Gasteiger partial charge in [0.05, 0.1) is 12.1 Å². The van der Waals surface area contributed by atoms with Crippen LogP contribution in [-0.2, 0) is 16.0 Å². The third kappa shape index (κ3) is 4.12. The van der Waals surface area contributed by atoms with Crippen molar-refractivity contribution in [3.8, 4) is 0 Å². The highest BCUT2D eigenvalue weighted by Crippen LogP contribution is 2.59. The summed E-state index contributed by atoms with van der Waals surface area (Å²) < 4.78 is 7.26. The molecule has 4 bridgehead atoms. The zero-order valence-corrected chi connectivity index (χ0v) is 20.2. The molecule has 182 valence electrons. The van der Waals surface area contributed by atoms with E-state index >= 15 is 0 Å². The van der Waals surface area contributed by atoms with E-state index in [1.165, 1.54) is 38.5 Å². The molecule has 4 saturated carbocycles. The Labute approximate surface area is 201 Å². The van der Waals surface area contributed by atoms with Crippen molar-refractivity contribution in [2.24, 2.45) is 23.2 Å². The summed E-state index contributed by atoms with van der Waals surface area (Å²) in [5.41, 5.74) is 2.30. The van der Waals surface area contributed by atoms with Crippen LogP contribution >= 0.6 is 0 Å². The molecule has 0 atom stereocenters. The molecule has 7 heteroatoms. The number of imidazole rings is 1. The van der Waals surface area contributed by atoms with Gasteiger partial charge >= 0.3 is 0 Å². The van der Waals surface area contributed by atoms with Gasteiger partial charge < -0.3 is 15.0 Å². The largest absolute Gasteiger partial charge is 0.381 e. The van der Waals surface area contributed by atoms with Crippen molar-refractivity contribution < 1.29 is 14.3 Å². The number of likely N-dealkylation sites (N-methyl/N-ethyl adjacent to an activating group) is 1. The third-order valence-electron chi connectivity index (χ3n) is 9.03. The fourth-order valence-corrected chi connectivity index (χ4v) is 7.75.